The van der Waals surface area contributed by atoms with Gasteiger partial charge in [0, 0.05) is 30.9 Å². The minimum Gasteiger partial charge on any atom is -0.368 e. The number of rotatable bonds is 8. The number of anilines is 1. The van der Waals surface area contributed by atoms with Crippen LogP contribution in [0.15, 0.2) is 58.2 Å². The Labute approximate surface area is 193 Å². The highest BCUT2D eigenvalue weighted by Crippen LogP contribution is 2.29. The molecule has 0 aliphatic carbocycles. The Balaban J connectivity index is 1.98. The fourth-order valence-corrected chi connectivity index (χ4v) is 4.05. The zero-order chi connectivity index (χ0) is 24.2. The zero-order valence-electron chi connectivity index (χ0n) is 17.5. The van der Waals surface area contributed by atoms with Crippen molar-refractivity contribution >= 4 is 39.6 Å². The number of amides is 1. The van der Waals surface area contributed by atoms with E-state index in [2.05, 4.69) is 19.8 Å². The van der Waals surface area contributed by atoms with E-state index in [0.29, 0.717) is 15.3 Å². The summed E-state index contributed by atoms with van der Waals surface area (Å²) in [6, 6.07) is 7.96. The van der Waals surface area contributed by atoms with Gasteiger partial charge in [-0.05, 0) is 17.7 Å². The zero-order valence-corrected chi connectivity index (χ0v) is 19.1. The van der Waals surface area contributed by atoms with Gasteiger partial charge in [0.25, 0.3) is 10.0 Å². The molecule has 1 N–H and O–H groups in total. The van der Waals surface area contributed by atoms with Crippen LogP contribution in [-0.2, 0) is 21.2 Å². The Bertz CT molecular complexity index is 1290. The molecular weight excluding hydrogens is 478 g/mol. The van der Waals surface area contributed by atoms with Crippen molar-refractivity contribution in [3.8, 4) is 11.3 Å². The molecule has 9 nitrogen and oxygen atoms in total. The number of carbonyl (C=O) groups is 1. The Hall–Kier alpha value is -3.38. The van der Waals surface area contributed by atoms with Crippen molar-refractivity contribution in [1.29, 1.82) is 0 Å². The van der Waals surface area contributed by atoms with E-state index in [1.165, 1.54) is 11.1 Å². The second kappa shape index (κ2) is 10.0. The van der Waals surface area contributed by atoms with Gasteiger partial charge in [-0.25, -0.2) is 4.68 Å². The Morgan fingerprint density at radius 3 is 2.67 bits per heavy atom. The Morgan fingerprint density at radius 2 is 2.03 bits per heavy atom. The maximum atomic E-state index is 12.9. The molecule has 2 heterocycles. The standard InChI is InChI=1S/C20H19ClF2N6O3S/c1-28(2)12-26-33(31,32)17-8-15(27-18(30)7-13-5-3-4-6-16(13)21)10-24-19(17)14-9-25-29(11-14)20(22)23/h3-6,8-12,20H,7H2,1-2H3,(H,27,30)/b26-12+. The number of benzene rings is 1. The van der Waals surface area contributed by atoms with Crippen molar-refractivity contribution in [2.75, 3.05) is 19.4 Å². The molecule has 0 saturated carbocycles. The number of alkyl halides is 2. The van der Waals surface area contributed by atoms with Crippen LogP contribution in [0, 0.1) is 0 Å². The van der Waals surface area contributed by atoms with Gasteiger partial charge in [0.15, 0.2) is 0 Å². The molecular formula is C20H19ClF2N6O3S. The van der Waals surface area contributed by atoms with Crippen LogP contribution < -0.4 is 5.32 Å². The number of nitrogens with zero attached hydrogens (tertiary/aromatic N) is 5. The molecule has 1 aromatic carbocycles. The summed E-state index contributed by atoms with van der Waals surface area (Å²) >= 11 is 6.08. The molecule has 3 aromatic rings. The molecule has 3 rings (SSSR count). The van der Waals surface area contributed by atoms with E-state index in [9.17, 15) is 22.0 Å². The molecule has 1 amide bonds. The average molecular weight is 497 g/mol. The van der Waals surface area contributed by atoms with E-state index in [1.807, 2.05) is 0 Å². The van der Waals surface area contributed by atoms with Crippen LogP contribution in [0.1, 0.15) is 12.1 Å². The van der Waals surface area contributed by atoms with Gasteiger partial charge in [0.05, 0.1) is 30.2 Å². The lowest BCUT2D eigenvalue weighted by Gasteiger charge is -2.11. The summed E-state index contributed by atoms with van der Waals surface area (Å²) in [7, 11) is -1.14. The van der Waals surface area contributed by atoms with Crippen molar-refractivity contribution in [2.45, 2.75) is 17.9 Å². The number of hydrogen-bond donors (Lipinski definition) is 1. The number of sulfonamides is 1. The molecule has 2 aromatic heterocycles. The van der Waals surface area contributed by atoms with Crippen molar-refractivity contribution in [1.82, 2.24) is 19.7 Å². The third kappa shape index (κ3) is 6.11. The number of nitrogens with one attached hydrogen (secondary N) is 1. The molecule has 0 radical (unpaired) electrons. The number of aromatic nitrogens is 3. The van der Waals surface area contributed by atoms with Gasteiger partial charge in [-0.15, -0.1) is 4.40 Å². The van der Waals surface area contributed by atoms with Crippen LogP contribution in [0.3, 0.4) is 0 Å². The summed E-state index contributed by atoms with van der Waals surface area (Å²) in [5.74, 6) is -0.455. The maximum absolute atomic E-state index is 12.9. The van der Waals surface area contributed by atoms with Crippen LogP contribution in [0.2, 0.25) is 5.02 Å². The van der Waals surface area contributed by atoms with Crippen molar-refractivity contribution in [3.63, 3.8) is 0 Å². The predicted molar refractivity (Wildman–Crippen MR) is 120 cm³/mol. The van der Waals surface area contributed by atoms with Crippen LogP contribution in [0.4, 0.5) is 14.5 Å². The van der Waals surface area contributed by atoms with Crippen LogP contribution in [-0.4, -0.2) is 54.4 Å². The third-order valence-electron chi connectivity index (χ3n) is 4.22. The van der Waals surface area contributed by atoms with Gasteiger partial charge in [0.2, 0.25) is 5.91 Å². The highest BCUT2D eigenvalue weighted by molar-refractivity contribution is 7.90. The molecule has 0 aliphatic heterocycles. The summed E-state index contributed by atoms with van der Waals surface area (Å²) in [5, 5.41) is 6.50. The molecule has 0 fully saturated rings. The van der Waals surface area contributed by atoms with Crippen molar-refractivity contribution < 1.29 is 22.0 Å². The lowest BCUT2D eigenvalue weighted by molar-refractivity contribution is -0.115. The average Bonchev–Trinajstić information content (AvgIpc) is 3.24. The predicted octanol–water partition coefficient (Wildman–Crippen LogP) is 3.45. The first-order valence-electron chi connectivity index (χ1n) is 9.39. The van der Waals surface area contributed by atoms with E-state index in [-0.39, 0.29) is 28.3 Å². The van der Waals surface area contributed by atoms with E-state index < -0.39 is 22.5 Å². The summed E-state index contributed by atoms with van der Waals surface area (Å²) in [5.41, 5.74) is 0.574. The van der Waals surface area contributed by atoms with Crippen molar-refractivity contribution in [3.05, 3.63) is 59.5 Å². The quantitative estimate of drug-likeness (QED) is 0.378. The first-order chi connectivity index (χ1) is 15.6. The Kier molecular flexibility index (Phi) is 7.39. The van der Waals surface area contributed by atoms with E-state index >= 15 is 0 Å². The van der Waals surface area contributed by atoms with Gasteiger partial charge >= 0.3 is 6.55 Å². The van der Waals surface area contributed by atoms with Gasteiger partial charge in [0.1, 0.15) is 11.2 Å². The van der Waals surface area contributed by atoms with Crippen LogP contribution in [0.25, 0.3) is 11.3 Å². The molecule has 0 unspecified atom stereocenters. The van der Waals surface area contributed by atoms with E-state index in [4.69, 9.17) is 11.6 Å². The minimum absolute atomic E-state index is 0.0443. The topological polar surface area (TPSA) is 110 Å². The normalized spacial score (nSPS) is 11.8. The summed E-state index contributed by atoms with van der Waals surface area (Å²) in [6.45, 7) is -2.91. The van der Waals surface area contributed by atoms with Crippen LogP contribution in [0.5, 0.6) is 0 Å². The van der Waals surface area contributed by atoms with E-state index in [0.717, 1.165) is 24.8 Å². The summed E-state index contributed by atoms with van der Waals surface area (Å²) < 4.78 is 55.6. The number of halogens is 3. The first kappa shape index (κ1) is 24.3. The SMILES string of the molecule is CN(C)/C=N/S(=O)(=O)c1cc(NC(=O)Cc2ccccc2Cl)cnc1-c1cnn(C(F)F)c1. The third-order valence-corrected chi connectivity index (χ3v) is 5.82. The van der Waals surface area contributed by atoms with Gasteiger partial charge in [-0.1, -0.05) is 29.8 Å². The number of carbonyl (C=O) groups excluding carboxylic acids is 1. The molecule has 0 atom stereocenters. The molecule has 174 valence electrons. The first-order valence-corrected chi connectivity index (χ1v) is 11.2. The maximum Gasteiger partial charge on any atom is 0.333 e. The number of pyridine rings is 1. The highest BCUT2D eigenvalue weighted by Gasteiger charge is 2.23. The second-order valence-electron chi connectivity index (χ2n) is 7.03. The fraction of sp³-hybridized carbons (Fsp3) is 0.200. The largest absolute Gasteiger partial charge is 0.368 e. The van der Waals surface area contributed by atoms with Gasteiger partial charge < -0.3 is 10.2 Å². The molecule has 33 heavy (non-hydrogen) atoms. The number of hydrogen-bond acceptors (Lipinski definition) is 5. The minimum atomic E-state index is -4.30. The van der Waals surface area contributed by atoms with E-state index in [1.54, 1.807) is 38.4 Å². The fourth-order valence-electron chi connectivity index (χ4n) is 2.73. The summed E-state index contributed by atoms with van der Waals surface area (Å²) in [4.78, 5) is 17.6. The lowest BCUT2D eigenvalue weighted by atomic mass is 10.1. The lowest BCUT2D eigenvalue weighted by Crippen LogP contribution is -2.16. The second-order valence-corrected chi connectivity index (χ2v) is 9.04. The Morgan fingerprint density at radius 1 is 1.30 bits per heavy atom. The van der Waals surface area contributed by atoms with Crippen molar-refractivity contribution in [2.24, 2.45) is 4.40 Å². The highest BCUT2D eigenvalue weighted by atomic mass is 35.5. The smallest absolute Gasteiger partial charge is 0.333 e. The molecule has 13 heteroatoms. The monoisotopic (exact) mass is 496 g/mol. The molecule has 0 spiro atoms. The molecule has 0 bridgehead atoms. The molecule has 0 saturated heterocycles. The van der Waals surface area contributed by atoms with Gasteiger partial charge in [-0.2, -0.15) is 22.3 Å². The van der Waals surface area contributed by atoms with Crippen LogP contribution >= 0.6 is 11.6 Å². The molecule has 0 aliphatic rings. The van der Waals surface area contributed by atoms with Gasteiger partial charge in [-0.3, -0.25) is 9.78 Å². The summed E-state index contributed by atoms with van der Waals surface area (Å²) in [6.07, 6.45) is 4.28.